The van der Waals surface area contributed by atoms with Crippen molar-refractivity contribution in [3.63, 3.8) is 0 Å². The van der Waals surface area contributed by atoms with Crippen LogP contribution >= 0.6 is 11.6 Å². The zero-order valence-corrected chi connectivity index (χ0v) is 22.0. The highest BCUT2D eigenvalue weighted by Crippen LogP contribution is 2.29. The molecule has 3 heterocycles. The molecule has 1 aliphatic rings. The van der Waals surface area contributed by atoms with Gasteiger partial charge in [-0.3, -0.25) is 9.59 Å². The largest absolute Gasteiger partial charge is 0.361 e. The van der Waals surface area contributed by atoms with Crippen molar-refractivity contribution in [2.24, 2.45) is 0 Å². The minimum Gasteiger partial charge on any atom is -0.361 e. The summed E-state index contributed by atoms with van der Waals surface area (Å²) in [7, 11) is 3.35. The molecule has 9 heteroatoms. The number of para-hydroxylation sites is 1. The lowest BCUT2D eigenvalue weighted by molar-refractivity contribution is -0.130. The number of fused-ring (bicyclic) bond motifs is 1. The van der Waals surface area contributed by atoms with Gasteiger partial charge in [-0.1, -0.05) is 35.9 Å². The van der Waals surface area contributed by atoms with Crippen molar-refractivity contribution in [3.05, 3.63) is 82.6 Å². The summed E-state index contributed by atoms with van der Waals surface area (Å²) in [6.45, 7) is 2.31. The molecule has 2 aromatic heterocycles. The highest BCUT2D eigenvalue weighted by molar-refractivity contribution is 6.34. The van der Waals surface area contributed by atoms with E-state index >= 15 is 0 Å². The van der Waals surface area contributed by atoms with E-state index in [0.717, 1.165) is 27.6 Å². The third-order valence-electron chi connectivity index (χ3n) is 6.87. The number of nitriles is 1. The first kappa shape index (κ1) is 25.3. The van der Waals surface area contributed by atoms with Crippen molar-refractivity contribution in [1.29, 1.82) is 5.26 Å². The zero-order valence-electron chi connectivity index (χ0n) is 21.2. The van der Waals surface area contributed by atoms with E-state index in [1.165, 1.54) is 4.90 Å². The Kier molecular flexibility index (Phi) is 7.03. The van der Waals surface area contributed by atoms with Gasteiger partial charge in [0.25, 0.3) is 5.91 Å². The quantitative estimate of drug-likeness (QED) is 0.417. The van der Waals surface area contributed by atoms with Gasteiger partial charge in [-0.15, -0.1) is 0 Å². The molecule has 0 aliphatic carbocycles. The van der Waals surface area contributed by atoms with Crippen LogP contribution in [0.3, 0.4) is 0 Å². The number of aromatic nitrogens is 2. The van der Waals surface area contributed by atoms with Crippen molar-refractivity contribution in [1.82, 2.24) is 19.8 Å². The second kappa shape index (κ2) is 10.6. The van der Waals surface area contributed by atoms with Crippen LogP contribution in [-0.4, -0.2) is 71.9 Å². The van der Waals surface area contributed by atoms with Crippen LogP contribution in [-0.2, 0) is 11.2 Å². The molecule has 0 saturated carbocycles. The van der Waals surface area contributed by atoms with Gasteiger partial charge in [-0.25, -0.2) is 4.98 Å². The highest BCUT2D eigenvalue weighted by atomic mass is 35.5. The Labute approximate surface area is 226 Å². The number of anilines is 1. The van der Waals surface area contributed by atoms with Crippen molar-refractivity contribution in [3.8, 4) is 17.2 Å². The van der Waals surface area contributed by atoms with Crippen LogP contribution in [0.4, 0.5) is 5.82 Å². The summed E-state index contributed by atoms with van der Waals surface area (Å²) in [5.41, 5.74) is 4.40. The molecule has 8 nitrogen and oxygen atoms in total. The first-order valence-corrected chi connectivity index (χ1v) is 12.7. The Balaban J connectivity index is 1.27. The third kappa shape index (κ3) is 4.93. The van der Waals surface area contributed by atoms with Gasteiger partial charge >= 0.3 is 0 Å². The van der Waals surface area contributed by atoms with Crippen LogP contribution in [0.25, 0.3) is 22.0 Å². The third-order valence-corrected chi connectivity index (χ3v) is 7.19. The minimum atomic E-state index is -0.174. The zero-order chi connectivity index (χ0) is 26.8. The molecule has 2 aromatic carbocycles. The van der Waals surface area contributed by atoms with Crippen LogP contribution in [0.5, 0.6) is 0 Å². The number of nitrogens with zero attached hydrogens (tertiary/aromatic N) is 5. The van der Waals surface area contributed by atoms with E-state index in [0.29, 0.717) is 54.6 Å². The van der Waals surface area contributed by atoms with Crippen molar-refractivity contribution < 1.29 is 9.59 Å². The summed E-state index contributed by atoms with van der Waals surface area (Å²) in [6.07, 6.45) is 3.97. The number of H-pyrrole nitrogens is 1. The van der Waals surface area contributed by atoms with Gasteiger partial charge in [-0.05, 0) is 35.4 Å². The van der Waals surface area contributed by atoms with Gasteiger partial charge in [-0.2, -0.15) is 5.26 Å². The second-order valence-corrected chi connectivity index (χ2v) is 9.91. The predicted molar refractivity (Wildman–Crippen MR) is 148 cm³/mol. The fraction of sp³-hybridized carbons (Fsp3) is 0.241. The molecule has 5 rings (SSSR count). The number of carbonyl (C=O) groups is 2. The Hall–Kier alpha value is -4.35. The number of amides is 2. The summed E-state index contributed by atoms with van der Waals surface area (Å²) in [5.74, 6) is 0.517. The lowest BCUT2D eigenvalue weighted by Gasteiger charge is -2.35. The van der Waals surface area contributed by atoms with E-state index in [-0.39, 0.29) is 11.8 Å². The maximum Gasteiger partial charge on any atom is 0.254 e. The molecule has 1 N–H and O–H groups in total. The first-order valence-electron chi connectivity index (χ1n) is 12.3. The molecule has 0 bridgehead atoms. The van der Waals surface area contributed by atoms with Gasteiger partial charge in [0.05, 0.1) is 22.6 Å². The Morgan fingerprint density at radius 2 is 1.84 bits per heavy atom. The number of carbonyl (C=O) groups excluding carboxylic acids is 2. The minimum absolute atomic E-state index is 0.0892. The van der Waals surface area contributed by atoms with Crippen LogP contribution in [0.15, 0.2) is 60.9 Å². The molecule has 192 valence electrons. The van der Waals surface area contributed by atoms with Crippen molar-refractivity contribution in [2.75, 3.05) is 45.2 Å². The Bertz CT molecular complexity index is 1560. The van der Waals surface area contributed by atoms with Crippen molar-refractivity contribution >= 4 is 40.1 Å². The molecule has 2 amide bonds. The average molecular weight is 527 g/mol. The van der Waals surface area contributed by atoms with Gasteiger partial charge in [0.2, 0.25) is 5.91 Å². The van der Waals surface area contributed by atoms with Gasteiger partial charge in [0, 0.05) is 69.1 Å². The smallest absolute Gasteiger partial charge is 0.254 e. The molecule has 0 atom stereocenters. The first-order chi connectivity index (χ1) is 18.4. The fourth-order valence-electron chi connectivity index (χ4n) is 4.78. The number of pyridine rings is 1. The lowest BCUT2D eigenvalue weighted by atomic mass is 10.0. The lowest BCUT2D eigenvalue weighted by Crippen LogP contribution is -2.49. The number of piperazine rings is 1. The molecule has 1 fully saturated rings. The Morgan fingerprint density at radius 1 is 1.08 bits per heavy atom. The number of aromatic amines is 1. The van der Waals surface area contributed by atoms with Crippen LogP contribution in [0, 0.1) is 11.3 Å². The molecule has 1 aliphatic heterocycles. The molecule has 38 heavy (non-hydrogen) atoms. The maximum absolute atomic E-state index is 13.0. The van der Waals surface area contributed by atoms with Gasteiger partial charge < -0.3 is 19.7 Å². The van der Waals surface area contributed by atoms with E-state index in [2.05, 4.69) is 16.0 Å². The monoisotopic (exact) mass is 526 g/mol. The fourth-order valence-corrected chi connectivity index (χ4v) is 5.04. The molecule has 0 radical (unpaired) electrons. The SMILES string of the molecule is CN(C)C(=O)c1ccc(-c2cnc(N3CCN(C(=O)Cc4c[nH]c5ccccc45)CC3)c(C#N)c2)cc1Cl. The summed E-state index contributed by atoms with van der Waals surface area (Å²) in [6, 6.07) is 17.2. The molecule has 0 spiro atoms. The Morgan fingerprint density at radius 3 is 2.55 bits per heavy atom. The summed E-state index contributed by atoms with van der Waals surface area (Å²) < 4.78 is 0. The maximum atomic E-state index is 13.0. The van der Waals surface area contributed by atoms with Crippen LogP contribution in [0.2, 0.25) is 5.02 Å². The number of rotatable bonds is 5. The second-order valence-electron chi connectivity index (χ2n) is 9.51. The predicted octanol–water partition coefficient (Wildman–Crippen LogP) is 4.35. The number of benzene rings is 2. The number of halogens is 1. The number of hydrogen-bond acceptors (Lipinski definition) is 5. The molecule has 1 saturated heterocycles. The normalized spacial score (nSPS) is 13.4. The van der Waals surface area contributed by atoms with E-state index < -0.39 is 0 Å². The van der Waals surface area contributed by atoms with Crippen LogP contribution in [0.1, 0.15) is 21.5 Å². The molecular weight excluding hydrogens is 500 g/mol. The number of nitrogens with one attached hydrogen (secondary N) is 1. The van der Waals surface area contributed by atoms with Gasteiger partial charge in [0.1, 0.15) is 11.9 Å². The standard InChI is InChI=1S/C29H27ClN6O2/c1-34(2)29(38)24-8-7-19(14-25(24)30)21-13-20(16-31)28(33-17-21)36-11-9-35(10-12-36)27(37)15-22-18-32-26-6-4-3-5-23(22)26/h3-8,13-14,17-18,32H,9-12,15H2,1-2H3. The summed E-state index contributed by atoms with van der Waals surface area (Å²) in [5, 5.41) is 11.3. The summed E-state index contributed by atoms with van der Waals surface area (Å²) in [4.78, 5) is 38.5. The van der Waals surface area contributed by atoms with E-state index in [1.807, 2.05) is 40.3 Å². The molecule has 0 unspecified atom stereocenters. The average Bonchev–Trinajstić information content (AvgIpc) is 3.35. The van der Waals surface area contributed by atoms with E-state index in [4.69, 9.17) is 11.6 Å². The van der Waals surface area contributed by atoms with E-state index in [1.54, 1.807) is 44.6 Å². The topological polar surface area (TPSA) is 96.3 Å². The van der Waals surface area contributed by atoms with Crippen LogP contribution < -0.4 is 4.90 Å². The molecule has 4 aromatic rings. The van der Waals surface area contributed by atoms with Crippen molar-refractivity contribution in [2.45, 2.75) is 6.42 Å². The molecular formula is C29H27ClN6O2. The highest BCUT2D eigenvalue weighted by Gasteiger charge is 2.24. The van der Waals surface area contributed by atoms with E-state index in [9.17, 15) is 14.9 Å². The summed E-state index contributed by atoms with van der Waals surface area (Å²) >= 11 is 6.38. The van der Waals surface area contributed by atoms with Gasteiger partial charge in [0.15, 0.2) is 0 Å². The number of hydrogen-bond donors (Lipinski definition) is 1.